The molecule has 3 N–H and O–H groups in total. The zero-order valence-electron chi connectivity index (χ0n) is 15.5. The minimum atomic E-state index is -3.77. The number of likely N-dealkylation sites (tertiary alicyclic amines) is 1. The smallest absolute Gasteiger partial charge is 0.253 e. The third-order valence-corrected chi connectivity index (χ3v) is 7.11. The number of rotatable bonds is 4. The van der Waals surface area contributed by atoms with Gasteiger partial charge in [0, 0.05) is 41.3 Å². The molecule has 2 aromatic carbocycles. The van der Waals surface area contributed by atoms with Gasteiger partial charge in [0.1, 0.15) is 0 Å². The number of fused-ring (bicyclic) bond motifs is 1. The summed E-state index contributed by atoms with van der Waals surface area (Å²) in [7, 11) is -3.77. The number of carbonyl (C=O) groups is 1. The Morgan fingerprint density at radius 2 is 1.76 bits per heavy atom. The SMILES string of the molecule is NS(=O)(=O)c1ccc(C(=O)N2C[C@H]3CNC(Cc4cc(Cl)cc(Cl)c4)[C@@H]3C2)cc1. The van der Waals surface area contributed by atoms with Gasteiger partial charge in [0.25, 0.3) is 5.91 Å². The van der Waals surface area contributed by atoms with Crippen molar-refractivity contribution in [1.82, 2.24) is 10.2 Å². The van der Waals surface area contributed by atoms with Crippen LogP contribution in [-0.2, 0) is 16.4 Å². The van der Waals surface area contributed by atoms with Gasteiger partial charge in [-0.3, -0.25) is 4.79 Å². The van der Waals surface area contributed by atoms with Crippen molar-refractivity contribution >= 4 is 39.1 Å². The van der Waals surface area contributed by atoms with E-state index in [1.54, 1.807) is 6.07 Å². The highest BCUT2D eigenvalue weighted by molar-refractivity contribution is 7.89. The van der Waals surface area contributed by atoms with Crippen molar-refractivity contribution in [3.05, 3.63) is 63.6 Å². The molecule has 3 atom stereocenters. The summed E-state index contributed by atoms with van der Waals surface area (Å²) in [5, 5.41) is 9.92. The van der Waals surface area contributed by atoms with Gasteiger partial charge in [-0.05, 0) is 66.3 Å². The molecule has 1 amide bonds. The van der Waals surface area contributed by atoms with E-state index in [0.717, 1.165) is 18.5 Å². The number of hydrogen-bond donors (Lipinski definition) is 2. The zero-order chi connectivity index (χ0) is 20.8. The largest absolute Gasteiger partial charge is 0.338 e. The number of benzene rings is 2. The van der Waals surface area contributed by atoms with Gasteiger partial charge in [0.2, 0.25) is 10.0 Å². The Morgan fingerprint density at radius 3 is 2.38 bits per heavy atom. The molecular formula is C20H21Cl2N3O3S. The second-order valence-electron chi connectivity index (χ2n) is 7.70. The predicted molar refractivity (Wildman–Crippen MR) is 113 cm³/mol. The number of halogens is 2. The molecule has 2 saturated heterocycles. The number of nitrogens with one attached hydrogen (secondary N) is 1. The van der Waals surface area contributed by atoms with Gasteiger partial charge >= 0.3 is 0 Å². The Balaban J connectivity index is 1.44. The van der Waals surface area contributed by atoms with E-state index in [9.17, 15) is 13.2 Å². The molecule has 1 unspecified atom stereocenters. The number of primary sulfonamides is 1. The van der Waals surface area contributed by atoms with E-state index in [1.165, 1.54) is 24.3 Å². The maximum Gasteiger partial charge on any atom is 0.253 e. The van der Waals surface area contributed by atoms with E-state index in [0.29, 0.717) is 40.5 Å². The summed E-state index contributed by atoms with van der Waals surface area (Å²) < 4.78 is 22.8. The number of sulfonamides is 1. The third-order valence-electron chi connectivity index (χ3n) is 5.75. The summed E-state index contributed by atoms with van der Waals surface area (Å²) in [5.74, 6) is 0.646. The molecule has 29 heavy (non-hydrogen) atoms. The van der Waals surface area contributed by atoms with Crippen molar-refractivity contribution in [2.75, 3.05) is 19.6 Å². The topological polar surface area (TPSA) is 92.5 Å². The number of nitrogens with zero attached hydrogens (tertiary/aromatic N) is 1. The molecule has 2 aliphatic heterocycles. The average Bonchev–Trinajstić information content (AvgIpc) is 3.22. The van der Waals surface area contributed by atoms with Crippen molar-refractivity contribution in [3.63, 3.8) is 0 Å². The number of carbonyl (C=O) groups excluding carboxylic acids is 1. The highest BCUT2D eigenvalue weighted by Crippen LogP contribution is 2.34. The molecule has 0 aromatic heterocycles. The van der Waals surface area contributed by atoms with Crippen LogP contribution in [0, 0.1) is 11.8 Å². The molecule has 0 saturated carbocycles. The van der Waals surface area contributed by atoms with Crippen LogP contribution in [0.25, 0.3) is 0 Å². The maximum absolute atomic E-state index is 12.9. The molecule has 6 nitrogen and oxygen atoms in total. The minimum absolute atomic E-state index is 0.00297. The van der Waals surface area contributed by atoms with E-state index in [2.05, 4.69) is 5.32 Å². The van der Waals surface area contributed by atoms with E-state index in [1.807, 2.05) is 17.0 Å². The fraction of sp³-hybridized carbons (Fsp3) is 0.350. The lowest BCUT2D eigenvalue weighted by Gasteiger charge is -2.22. The fourth-order valence-electron chi connectivity index (χ4n) is 4.36. The van der Waals surface area contributed by atoms with Crippen LogP contribution in [0.4, 0.5) is 0 Å². The van der Waals surface area contributed by atoms with Crippen molar-refractivity contribution in [2.24, 2.45) is 17.0 Å². The van der Waals surface area contributed by atoms with Gasteiger partial charge in [-0.1, -0.05) is 23.2 Å². The van der Waals surface area contributed by atoms with Gasteiger partial charge in [-0.2, -0.15) is 0 Å². The van der Waals surface area contributed by atoms with Crippen molar-refractivity contribution in [1.29, 1.82) is 0 Å². The third kappa shape index (κ3) is 4.44. The van der Waals surface area contributed by atoms with Crippen molar-refractivity contribution in [2.45, 2.75) is 17.4 Å². The Kier molecular flexibility index (Phi) is 5.61. The average molecular weight is 454 g/mol. The van der Waals surface area contributed by atoms with Gasteiger partial charge in [0.05, 0.1) is 4.90 Å². The van der Waals surface area contributed by atoms with E-state index < -0.39 is 10.0 Å². The summed E-state index contributed by atoms with van der Waals surface area (Å²) in [6.45, 7) is 2.20. The molecule has 2 aromatic rings. The molecule has 0 aliphatic carbocycles. The van der Waals surface area contributed by atoms with Crippen LogP contribution in [0.1, 0.15) is 15.9 Å². The molecule has 9 heteroatoms. The van der Waals surface area contributed by atoms with E-state index in [4.69, 9.17) is 28.3 Å². The lowest BCUT2D eigenvalue weighted by molar-refractivity contribution is 0.0779. The van der Waals surface area contributed by atoms with Crippen molar-refractivity contribution < 1.29 is 13.2 Å². The van der Waals surface area contributed by atoms with Gasteiger partial charge in [-0.15, -0.1) is 0 Å². The first-order chi connectivity index (χ1) is 13.7. The first-order valence-corrected chi connectivity index (χ1v) is 11.6. The summed E-state index contributed by atoms with van der Waals surface area (Å²) in [6, 6.07) is 11.6. The summed E-state index contributed by atoms with van der Waals surface area (Å²) in [6.07, 6.45) is 0.798. The van der Waals surface area contributed by atoms with Crippen LogP contribution < -0.4 is 10.5 Å². The Labute approximate surface area is 180 Å². The number of amides is 1. The Bertz CT molecular complexity index is 1020. The van der Waals surface area contributed by atoms with E-state index >= 15 is 0 Å². The summed E-state index contributed by atoms with van der Waals surface area (Å²) >= 11 is 12.2. The Hall–Kier alpha value is -1.64. The molecule has 0 bridgehead atoms. The van der Waals surface area contributed by atoms with Crippen LogP contribution in [0.5, 0.6) is 0 Å². The van der Waals surface area contributed by atoms with E-state index in [-0.39, 0.29) is 16.8 Å². The molecule has 0 radical (unpaired) electrons. The highest BCUT2D eigenvalue weighted by atomic mass is 35.5. The maximum atomic E-state index is 12.9. The van der Waals surface area contributed by atoms with Gasteiger partial charge in [0.15, 0.2) is 0 Å². The summed E-state index contributed by atoms with van der Waals surface area (Å²) in [5.41, 5.74) is 1.53. The van der Waals surface area contributed by atoms with Crippen LogP contribution in [0.2, 0.25) is 10.0 Å². The van der Waals surface area contributed by atoms with Gasteiger partial charge in [-0.25, -0.2) is 13.6 Å². The van der Waals surface area contributed by atoms with Crippen molar-refractivity contribution in [3.8, 4) is 0 Å². The van der Waals surface area contributed by atoms with Crippen LogP contribution in [0.3, 0.4) is 0 Å². The first-order valence-electron chi connectivity index (χ1n) is 9.31. The predicted octanol–water partition coefficient (Wildman–Crippen LogP) is 2.54. The molecular weight excluding hydrogens is 433 g/mol. The molecule has 2 aliphatic rings. The number of nitrogens with two attached hydrogens (primary N) is 1. The molecule has 4 rings (SSSR count). The monoisotopic (exact) mass is 453 g/mol. The second-order valence-corrected chi connectivity index (χ2v) is 10.1. The Morgan fingerprint density at radius 1 is 1.10 bits per heavy atom. The highest BCUT2D eigenvalue weighted by Gasteiger charge is 2.43. The second kappa shape index (κ2) is 7.89. The normalized spacial score (nSPS) is 24.0. The standard InChI is InChI=1S/C20H21Cl2N3O3S/c21-15-5-12(6-16(22)8-15)7-19-18-11-25(10-14(18)9-24-19)20(26)13-1-3-17(4-2-13)29(23,27)28/h1-6,8,14,18-19,24H,7,9-11H2,(H2,23,27,28)/t14-,18-,19?/m1/s1. The minimum Gasteiger partial charge on any atom is -0.338 e. The zero-order valence-corrected chi connectivity index (χ0v) is 17.8. The van der Waals surface area contributed by atoms with Gasteiger partial charge < -0.3 is 10.2 Å². The quantitative estimate of drug-likeness (QED) is 0.743. The van der Waals surface area contributed by atoms with Crippen LogP contribution in [-0.4, -0.2) is 44.9 Å². The molecule has 154 valence electrons. The fourth-order valence-corrected chi connectivity index (χ4v) is 5.45. The lowest BCUT2D eigenvalue weighted by Crippen LogP contribution is -2.36. The molecule has 0 spiro atoms. The molecule has 2 heterocycles. The summed E-state index contributed by atoms with van der Waals surface area (Å²) in [4.78, 5) is 14.7. The first kappa shape index (κ1) is 20.6. The lowest BCUT2D eigenvalue weighted by atomic mass is 9.90. The van der Waals surface area contributed by atoms with Crippen LogP contribution >= 0.6 is 23.2 Å². The number of hydrogen-bond acceptors (Lipinski definition) is 4. The van der Waals surface area contributed by atoms with Crippen LogP contribution in [0.15, 0.2) is 47.4 Å². The molecule has 2 fully saturated rings.